The minimum atomic E-state index is 0.124. The maximum atomic E-state index is 11.9. The Kier molecular flexibility index (Phi) is 3.32. The van der Waals surface area contributed by atoms with Gasteiger partial charge in [0.1, 0.15) is 0 Å². The summed E-state index contributed by atoms with van der Waals surface area (Å²) in [5, 5.41) is 4.07. The third-order valence-corrected chi connectivity index (χ3v) is 2.76. The van der Waals surface area contributed by atoms with Gasteiger partial charge in [0.25, 0.3) is 0 Å². The largest absolute Gasteiger partial charge is 0.294 e. The van der Waals surface area contributed by atoms with E-state index in [1.165, 1.54) is 0 Å². The van der Waals surface area contributed by atoms with Crippen LogP contribution in [0.3, 0.4) is 0 Å². The summed E-state index contributed by atoms with van der Waals surface area (Å²) in [7, 11) is 1.88. The van der Waals surface area contributed by atoms with Gasteiger partial charge in [0.2, 0.25) is 0 Å². The molecule has 2 rings (SSSR count). The van der Waals surface area contributed by atoms with Crippen molar-refractivity contribution in [3.8, 4) is 0 Å². The van der Waals surface area contributed by atoms with Crippen molar-refractivity contribution in [3.05, 3.63) is 47.5 Å². The fraction of sp³-hybridized carbons (Fsp3) is 0.308. The molecule has 0 aliphatic heterocycles. The van der Waals surface area contributed by atoms with E-state index in [0.717, 1.165) is 11.4 Å². The molecule has 0 saturated carbocycles. The van der Waals surface area contributed by atoms with Crippen LogP contribution in [-0.4, -0.2) is 20.5 Å². The Hall–Kier alpha value is -1.97. The second kappa shape index (κ2) is 4.91. The monoisotopic (exact) mass is 229 g/mol. The normalized spacial score (nSPS) is 10.5. The molecule has 0 bridgehead atoms. The molecular weight excluding hydrogens is 214 g/mol. The molecule has 0 N–H and O–H groups in total. The molecule has 2 aromatic heterocycles. The molecule has 0 unspecified atom stereocenters. The number of pyridine rings is 1. The van der Waals surface area contributed by atoms with Gasteiger partial charge in [-0.2, -0.15) is 5.10 Å². The Morgan fingerprint density at radius 3 is 2.76 bits per heavy atom. The molecule has 4 nitrogen and oxygen atoms in total. The molecule has 0 spiro atoms. The zero-order chi connectivity index (χ0) is 12.3. The quantitative estimate of drug-likeness (QED) is 0.753. The number of Topliss-reactive ketones (excluding diaryl/α,β-unsaturated/α-hetero) is 1. The fourth-order valence-corrected chi connectivity index (χ4v) is 1.67. The lowest BCUT2D eigenvalue weighted by Gasteiger charge is -2.02. The molecule has 0 saturated heterocycles. The van der Waals surface area contributed by atoms with E-state index in [-0.39, 0.29) is 5.78 Å². The van der Waals surface area contributed by atoms with Crippen LogP contribution in [0.1, 0.15) is 28.2 Å². The Balaban J connectivity index is 1.98. The summed E-state index contributed by atoms with van der Waals surface area (Å²) in [6.07, 6.45) is 4.58. The summed E-state index contributed by atoms with van der Waals surface area (Å²) in [5.74, 6) is 0.124. The molecule has 2 heterocycles. The van der Waals surface area contributed by atoms with E-state index < -0.39 is 0 Å². The minimum absolute atomic E-state index is 0.124. The average molecular weight is 229 g/mol. The zero-order valence-corrected chi connectivity index (χ0v) is 10.1. The van der Waals surface area contributed by atoms with Gasteiger partial charge in [-0.3, -0.25) is 14.5 Å². The molecule has 0 aliphatic carbocycles. The summed E-state index contributed by atoms with van der Waals surface area (Å²) >= 11 is 0. The standard InChI is InChI=1S/C13H15N3O/c1-10-3-4-11(9-14-10)13(17)6-5-12-7-8-15-16(12)2/h3-4,7-9H,5-6H2,1-2H3. The van der Waals surface area contributed by atoms with E-state index in [4.69, 9.17) is 0 Å². The van der Waals surface area contributed by atoms with Crippen molar-refractivity contribution in [1.29, 1.82) is 0 Å². The minimum Gasteiger partial charge on any atom is -0.294 e. The van der Waals surface area contributed by atoms with Gasteiger partial charge in [0.05, 0.1) is 0 Å². The van der Waals surface area contributed by atoms with Crippen molar-refractivity contribution in [3.63, 3.8) is 0 Å². The Bertz CT molecular complexity index is 514. The van der Waals surface area contributed by atoms with Crippen LogP contribution >= 0.6 is 0 Å². The highest BCUT2D eigenvalue weighted by Gasteiger charge is 2.07. The highest BCUT2D eigenvalue weighted by atomic mass is 16.1. The highest BCUT2D eigenvalue weighted by molar-refractivity contribution is 5.95. The van der Waals surface area contributed by atoms with Gasteiger partial charge in [0.15, 0.2) is 5.78 Å². The molecule has 0 radical (unpaired) electrons. The lowest BCUT2D eigenvalue weighted by atomic mass is 10.1. The van der Waals surface area contributed by atoms with Crippen LogP contribution in [0.2, 0.25) is 0 Å². The van der Waals surface area contributed by atoms with Gasteiger partial charge in [-0.15, -0.1) is 0 Å². The number of nitrogens with zero attached hydrogens (tertiary/aromatic N) is 3. The first-order valence-corrected chi connectivity index (χ1v) is 5.59. The van der Waals surface area contributed by atoms with E-state index in [0.29, 0.717) is 18.4 Å². The summed E-state index contributed by atoms with van der Waals surface area (Å²) in [4.78, 5) is 16.0. The number of carbonyl (C=O) groups excluding carboxylic acids is 1. The molecule has 2 aromatic rings. The number of carbonyl (C=O) groups is 1. The number of aromatic nitrogens is 3. The number of ketones is 1. The van der Waals surface area contributed by atoms with Crippen LogP contribution in [0.5, 0.6) is 0 Å². The lowest BCUT2D eigenvalue weighted by Crippen LogP contribution is -2.05. The molecule has 0 aliphatic rings. The van der Waals surface area contributed by atoms with Crippen LogP contribution in [0.15, 0.2) is 30.6 Å². The topological polar surface area (TPSA) is 47.8 Å². The van der Waals surface area contributed by atoms with Crippen LogP contribution in [-0.2, 0) is 13.5 Å². The third-order valence-electron chi connectivity index (χ3n) is 2.76. The molecular formula is C13H15N3O. The smallest absolute Gasteiger partial charge is 0.164 e. The van der Waals surface area contributed by atoms with Gasteiger partial charge in [-0.05, 0) is 31.5 Å². The summed E-state index contributed by atoms with van der Waals surface area (Å²) in [6.45, 7) is 1.91. The van der Waals surface area contributed by atoms with Crippen molar-refractivity contribution < 1.29 is 4.79 Å². The van der Waals surface area contributed by atoms with Gasteiger partial charge in [-0.25, -0.2) is 0 Å². The van der Waals surface area contributed by atoms with Crippen molar-refractivity contribution in [1.82, 2.24) is 14.8 Å². The predicted octanol–water partition coefficient (Wildman–Crippen LogP) is 1.94. The predicted molar refractivity (Wildman–Crippen MR) is 64.8 cm³/mol. The SMILES string of the molecule is Cc1ccc(C(=O)CCc2ccnn2C)cn1. The van der Waals surface area contributed by atoms with E-state index in [2.05, 4.69) is 10.1 Å². The third kappa shape index (κ3) is 2.78. The number of aryl methyl sites for hydroxylation is 3. The van der Waals surface area contributed by atoms with Crippen molar-refractivity contribution >= 4 is 5.78 Å². The highest BCUT2D eigenvalue weighted by Crippen LogP contribution is 2.07. The van der Waals surface area contributed by atoms with E-state index in [9.17, 15) is 4.79 Å². The molecule has 4 heteroatoms. The van der Waals surface area contributed by atoms with Crippen LogP contribution in [0.25, 0.3) is 0 Å². The molecule has 0 amide bonds. The maximum Gasteiger partial charge on any atom is 0.164 e. The molecule has 17 heavy (non-hydrogen) atoms. The van der Waals surface area contributed by atoms with Gasteiger partial charge in [-0.1, -0.05) is 0 Å². The first-order chi connectivity index (χ1) is 8.16. The van der Waals surface area contributed by atoms with Gasteiger partial charge >= 0.3 is 0 Å². The van der Waals surface area contributed by atoms with Crippen molar-refractivity contribution in [2.45, 2.75) is 19.8 Å². The summed E-state index contributed by atoms with van der Waals surface area (Å²) < 4.78 is 1.79. The maximum absolute atomic E-state index is 11.9. The second-order valence-electron chi connectivity index (χ2n) is 4.06. The van der Waals surface area contributed by atoms with Crippen molar-refractivity contribution in [2.24, 2.45) is 7.05 Å². The Labute approximate surface area is 100 Å². The second-order valence-corrected chi connectivity index (χ2v) is 4.06. The van der Waals surface area contributed by atoms with E-state index in [1.54, 1.807) is 17.1 Å². The lowest BCUT2D eigenvalue weighted by molar-refractivity contribution is 0.0982. The Morgan fingerprint density at radius 2 is 2.18 bits per heavy atom. The molecule has 88 valence electrons. The van der Waals surface area contributed by atoms with Crippen LogP contribution < -0.4 is 0 Å². The van der Waals surface area contributed by atoms with E-state index in [1.807, 2.05) is 32.2 Å². The molecule has 0 fully saturated rings. The summed E-state index contributed by atoms with van der Waals surface area (Å²) in [6, 6.07) is 5.62. The van der Waals surface area contributed by atoms with Gasteiger partial charge < -0.3 is 0 Å². The first-order valence-electron chi connectivity index (χ1n) is 5.59. The number of rotatable bonds is 4. The van der Waals surface area contributed by atoms with Crippen LogP contribution in [0, 0.1) is 6.92 Å². The molecule has 0 aromatic carbocycles. The average Bonchev–Trinajstić information content (AvgIpc) is 2.73. The Morgan fingerprint density at radius 1 is 1.35 bits per heavy atom. The fourth-order valence-electron chi connectivity index (χ4n) is 1.67. The van der Waals surface area contributed by atoms with Gasteiger partial charge in [0, 0.05) is 42.8 Å². The number of hydrogen-bond acceptors (Lipinski definition) is 3. The van der Waals surface area contributed by atoms with E-state index >= 15 is 0 Å². The molecule has 0 atom stereocenters. The van der Waals surface area contributed by atoms with Crippen molar-refractivity contribution in [2.75, 3.05) is 0 Å². The van der Waals surface area contributed by atoms with Crippen LogP contribution in [0.4, 0.5) is 0 Å². The summed E-state index contributed by atoms with van der Waals surface area (Å²) in [5.41, 5.74) is 2.67. The zero-order valence-electron chi connectivity index (χ0n) is 10.1. The first kappa shape index (κ1) is 11.5. The number of hydrogen-bond donors (Lipinski definition) is 0.